The highest BCUT2D eigenvalue weighted by molar-refractivity contribution is 6.02. The number of rotatable bonds is 5. The van der Waals surface area contributed by atoms with E-state index in [1.807, 2.05) is 35.9 Å². The number of hydrogen-bond donors (Lipinski definition) is 2. The summed E-state index contributed by atoms with van der Waals surface area (Å²) in [6.45, 7) is 8.13. The number of anilines is 1. The molecule has 0 radical (unpaired) electrons. The summed E-state index contributed by atoms with van der Waals surface area (Å²) in [6, 6.07) is 10.5. The minimum absolute atomic E-state index is 0.102. The van der Waals surface area contributed by atoms with E-state index in [0.717, 1.165) is 16.9 Å². The van der Waals surface area contributed by atoms with E-state index in [9.17, 15) is 9.18 Å². The fraction of sp³-hybridized carbons (Fsp3) is 0.320. The number of imidazole rings is 1. The highest BCUT2D eigenvalue weighted by Gasteiger charge is 2.52. The third kappa shape index (κ3) is 3.87. The number of aromatic nitrogens is 6. The van der Waals surface area contributed by atoms with Crippen LogP contribution in [-0.4, -0.2) is 36.1 Å². The Morgan fingerprint density at radius 3 is 2.59 bits per heavy atom. The number of aromatic amines is 1. The highest BCUT2D eigenvalue weighted by atomic mass is 19.1. The summed E-state index contributed by atoms with van der Waals surface area (Å²) in [5.74, 6) is -0.173. The van der Waals surface area contributed by atoms with Crippen LogP contribution in [0.3, 0.4) is 0 Å². The van der Waals surface area contributed by atoms with Gasteiger partial charge in [-0.3, -0.25) is 4.79 Å². The molecule has 2 heterocycles. The van der Waals surface area contributed by atoms with Crippen LogP contribution in [0.25, 0.3) is 17.1 Å². The second-order valence-corrected chi connectivity index (χ2v) is 9.90. The minimum Gasteiger partial charge on any atom is -0.325 e. The third-order valence-corrected chi connectivity index (χ3v) is 6.29. The minimum atomic E-state index is -0.839. The average Bonchev–Trinajstić information content (AvgIpc) is 3.18. The number of H-pyrrole nitrogens is 1. The number of halogens is 1. The molecule has 0 bridgehead atoms. The summed E-state index contributed by atoms with van der Waals surface area (Å²) < 4.78 is 16.6. The van der Waals surface area contributed by atoms with E-state index in [2.05, 4.69) is 51.7 Å². The van der Waals surface area contributed by atoms with Crippen molar-refractivity contribution in [3.8, 4) is 17.1 Å². The largest absolute Gasteiger partial charge is 0.325 e. The summed E-state index contributed by atoms with van der Waals surface area (Å²) in [5.41, 5.74) is 3.32. The van der Waals surface area contributed by atoms with Crippen LogP contribution in [0, 0.1) is 12.7 Å². The molecule has 0 unspecified atom stereocenters. The number of nitrogens with zero attached hydrogens (tertiary/aromatic N) is 5. The summed E-state index contributed by atoms with van der Waals surface area (Å²) in [7, 11) is 0. The number of carbonyl (C=O) groups is 1. The van der Waals surface area contributed by atoms with Gasteiger partial charge in [0.1, 0.15) is 5.82 Å². The van der Waals surface area contributed by atoms with Crippen LogP contribution in [0.5, 0.6) is 0 Å². The molecule has 0 saturated heterocycles. The summed E-state index contributed by atoms with van der Waals surface area (Å²) in [4.78, 5) is 17.8. The quantitative estimate of drug-likeness (QED) is 0.459. The SMILES string of the molecule is Cc1ccc(C2(C(=O)Nc3ccc(-n4cnc(C(C)(C)C)c4)c(-c4nn[nH]n4)c3)CC2)c(F)c1. The van der Waals surface area contributed by atoms with Crippen LogP contribution in [0.1, 0.15) is 50.4 Å². The number of carbonyl (C=O) groups excluding carboxylic acids is 1. The predicted octanol–water partition coefficient (Wildman–Crippen LogP) is 4.47. The first-order valence-electron chi connectivity index (χ1n) is 11.2. The van der Waals surface area contributed by atoms with Crippen molar-refractivity contribution in [2.75, 3.05) is 5.32 Å². The fourth-order valence-electron chi connectivity index (χ4n) is 4.14. The second kappa shape index (κ2) is 7.86. The van der Waals surface area contributed by atoms with E-state index < -0.39 is 5.41 Å². The van der Waals surface area contributed by atoms with E-state index in [4.69, 9.17) is 0 Å². The molecule has 8 nitrogen and oxygen atoms in total. The Labute approximate surface area is 196 Å². The Morgan fingerprint density at radius 2 is 1.97 bits per heavy atom. The van der Waals surface area contributed by atoms with E-state index in [0.29, 0.717) is 35.5 Å². The summed E-state index contributed by atoms with van der Waals surface area (Å²) in [6.07, 6.45) is 4.94. The van der Waals surface area contributed by atoms with Gasteiger partial charge in [-0.05, 0) is 54.8 Å². The molecule has 1 aliphatic carbocycles. The molecule has 2 N–H and O–H groups in total. The van der Waals surface area contributed by atoms with Gasteiger partial charge in [-0.1, -0.05) is 32.9 Å². The molecular weight excluding hydrogens is 433 g/mol. The van der Waals surface area contributed by atoms with Crippen molar-refractivity contribution >= 4 is 11.6 Å². The van der Waals surface area contributed by atoms with Crippen molar-refractivity contribution in [1.82, 2.24) is 30.2 Å². The van der Waals surface area contributed by atoms with Gasteiger partial charge in [-0.25, -0.2) is 9.37 Å². The zero-order valence-corrected chi connectivity index (χ0v) is 19.6. The van der Waals surface area contributed by atoms with Crippen molar-refractivity contribution in [2.45, 2.75) is 51.4 Å². The fourth-order valence-corrected chi connectivity index (χ4v) is 4.14. The van der Waals surface area contributed by atoms with Gasteiger partial charge in [0, 0.05) is 28.4 Å². The highest BCUT2D eigenvalue weighted by Crippen LogP contribution is 2.50. The predicted molar refractivity (Wildman–Crippen MR) is 126 cm³/mol. The maximum Gasteiger partial charge on any atom is 0.235 e. The van der Waals surface area contributed by atoms with Crippen LogP contribution in [0.2, 0.25) is 0 Å². The number of amides is 1. The lowest BCUT2D eigenvalue weighted by atomic mass is 9.93. The zero-order chi connectivity index (χ0) is 24.1. The average molecular weight is 460 g/mol. The monoisotopic (exact) mass is 459 g/mol. The van der Waals surface area contributed by atoms with Crippen molar-refractivity contribution in [1.29, 1.82) is 0 Å². The van der Waals surface area contributed by atoms with Crippen LogP contribution >= 0.6 is 0 Å². The number of aryl methyl sites for hydroxylation is 1. The maximum atomic E-state index is 14.6. The van der Waals surface area contributed by atoms with Crippen LogP contribution < -0.4 is 5.32 Å². The van der Waals surface area contributed by atoms with Gasteiger partial charge < -0.3 is 9.88 Å². The van der Waals surface area contributed by atoms with E-state index in [1.54, 1.807) is 18.5 Å². The number of benzene rings is 2. The lowest BCUT2D eigenvalue weighted by Crippen LogP contribution is -2.28. The van der Waals surface area contributed by atoms with Gasteiger partial charge in [-0.2, -0.15) is 5.21 Å². The van der Waals surface area contributed by atoms with Crippen molar-refractivity contribution in [3.05, 3.63) is 71.6 Å². The van der Waals surface area contributed by atoms with Gasteiger partial charge in [0.15, 0.2) is 0 Å². The lowest BCUT2D eigenvalue weighted by molar-refractivity contribution is -0.118. The maximum absolute atomic E-state index is 14.6. The summed E-state index contributed by atoms with van der Waals surface area (Å²) in [5, 5.41) is 17.4. The molecule has 5 rings (SSSR count). The van der Waals surface area contributed by atoms with Gasteiger partial charge in [0.05, 0.1) is 23.1 Å². The van der Waals surface area contributed by atoms with Crippen LogP contribution in [0.15, 0.2) is 48.9 Å². The number of nitrogens with one attached hydrogen (secondary N) is 2. The second-order valence-electron chi connectivity index (χ2n) is 9.90. The molecule has 4 aromatic rings. The molecule has 0 spiro atoms. The Balaban J connectivity index is 1.48. The first kappa shape index (κ1) is 21.9. The molecule has 1 aliphatic rings. The molecule has 1 amide bonds. The molecule has 0 aliphatic heterocycles. The Hall–Kier alpha value is -3.88. The molecule has 1 fully saturated rings. The molecular formula is C25H26FN7O. The third-order valence-electron chi connectivity index (χ3n) is 6.29. The van der Waals surface area contributed by atoms with Crippen LogP contribution in [-0.2, 0) is 15.6 Å². The van der Waals surface area contributed by atoms with Gasteiger partial charge in [0.25, 0.3) is 0 Å². The topological polar surface area (TPSA) is 101 Å². The molecule has 0 atom stereocenters. The lowest BCUT2D eigenvalue weighted by Gasteiger charge is -2.18. The van der Waals surface area contributed by atoms with Gasteiger partial charge in [0.2, 0.25) is 11.7 Å². The molecule has 9 heteroatoms. The Bertz CT molecular complexity index is 1360. The number of hydrogen-bond acceptors (Lipinski definition) is 5. The van der Waals surface area contributed by atoms with E-state index in [1.165, 1.54) is 6.07 Å². The molecule has 1 saturated carbocycles. The first-order chi connectivity index (χ1) is 16.2. The van der Waals surface area contributed by atoms with Crippen molar-refractivity contribution in [2.24, 2.45) is 0 Å². The zero-order valence-electron chi connectivity index (χ0n) is 19.6. The van der Waals surface area contributed by atoms with Crippen molar-refractivity contribution < 1.29 is 9.18 Å². The van der Waals surface area contributed by atoms with Crippen LogP contribution in [0.4, 0.5) is 10.1 Å². The Kier molecular flexibility index (Phi) is 5.07. The molecule has 34 heavy (non-hydrogen) atoms. The normalized spacial score (nSPS) is 14.7. The number of tetrazole rings is 1. The standard InChI is InChI=1S/C25H26FN7O/c1-15-5-7-18(19(26)11-15)25(9-10-25)23(34)28-16-6-8-20(17(12-16)22-29-31-32-30-22)33-13-21(27-14-33)24(2,3)4/h5-8,11-14H,9-10H2,1-4H3,(H,28,34)(H,29,30,31,32). The molecule has 2 aromatic heterocycles. The Morgan fingerprint density at radius 1 is 1.18 bits per heavy atom. The van der Waals surface area contributed by atoms with Crippen molar-refractivity contribution in [3.63, 3.8) is 0 Å². The smallest absolute Gasteiger partial charge is 0.235 e. The first-order valence-corrected chi connectivity index (χ1v) is 11.2. The van der Waals surface area contributed by atoms with Gasteiger partial charge >= 0.3 is 0 Å². The molecule has 2 aromatic carbocycles. The molecule has 174 valence electrons. The summed E-state index contributed by atoms with van der Waals surface area (Å²) >= 11 is 0. The van der Waals surface area contributed by atoms with E-state index in [-0.39, 0.29) is 17.1 Å². The van der Waals surface area contributed by atoms with Gasteiger partial charge in [-0.15, -0.1) is 10.2 Å². The van der Waals surface area contributed by atoms with E-state index >= 15 is 0 Å².